The lowest BCUT2D eigenvalue weighted by atomic mass is 9.86. The van der Waals surface area contributed by atoms with Crippen molar-refractivity contribution in [2.45, 2.75) is 78.0 Å². The number of piperidine rings is 1. The normalized spacial score (nSPS) is 16.7. The number of hydrogen-bond acceptors (Lipinski definition) is 3. The zero-order valence-corrected chi connectivity index (χ0v) is 20.7. The van der Waals surface area contributed by atoms with Crippen molar-refractivity contribution in [2.24, 2.45) is 0 Å². The predicted octanol–water partition coefficient (Wildman–Crippen LogP) is 6.44. The van der Waals surface area contributed by atoms with Crippen LogP contribution in [-0.4, -0.2) is 34.1 Å². The largest absolute Gasteiger partial charge is 0.356 e. The number of nitrogens with zero attached hydrogens (tertiary/aromatic N) is 3. The summed E-state index contributed by atoms with van der Waals surface area (Å²) >= 11 is 0. The van der Waals surface area contributed by atoms with E-state index in [-0.39, 0.29) is 5.41 Å². The van der Waals surface area contributed by atoms with Crippen molar-refractivity contribution in [2.75, 3.05) is 19.7 Å². The van der Waals surface area contributed by atoms with Crippen LogP contribution in [0.2, 0.25) is 0 Å². The molecule has 2 aromatic carbocycles. The molecule has 1 aliphatic heterocycles. The molecule has 0 atom stereocenters. The fraction of sp³-hybridized carbons (Fsp3) is 0.536. The summed E-state index contributed by atoms with van der Waals surface area (Å²) in [6.07, 6.45) is 2.26. The summed E-state index contributed by atoms with van der Waals surface area (Å²) in [6, 6.07) is 17.6. The summed E-state index contributed by atoms with van der Waals surface area (Å²) in [7, 11) is 0. The number of hydrogen-bond donors (Lipinski definition) is 0. The van der Waals surface area contributed by atoms with Crippen LogP contribution in [0.1, 0.15) is 77.3 Å². The van der Waals surface area contributed by atoms with Gasteiger partial charge < -0.3 is 4.74 Å². The number of ether oxygens (including phenoxy) is 1. The minimum absolute atomic E-state index is 0.206. The first-order valence-electron chi connectivity index (χ1n) is 12.1. The fourth-order valence-electron chi connectivity index (χ4n) is 5.02. The number of fused-ring (bicyclic) bond motifs is 1. The second-order valence-corrected chi connectivity index (χ2v) is 10.7. The average Bonchev–Trinajstić information content (AvgIpc) is 3.14. The van der Waals surface area contributed by atoms with Gasteiger partial charge in [-0.3, -0.25) is 9.47 Å². The highest BCUT2D eigenvalue weighted by molar-refractivity contribution is 5.76. The fourth-order valence-corrected chi connectivity index (χ4v) is 5.02. The molecule has 0 bridgehead atoms. The number of aromatic nitrogens is 2. The summed E-state index contributed by atoms with van der Waals surface area (Å²) in [5.74, 6) is 1.64. The van der Waals surface area contributed by atoms with Crippen LogP contribution in [0.25, 0.3) is 11.0 Å². The van der Waals surface area contributed by atoms with Gasteiger partial charge in [-0.25, -0.2) is 4.98 Å². The lowest BCUT2D eigenvalue weighted by Gasteiger charge is -2.35. The molecule has 0 saturated carbocycles. The Morgan fingerprint density at radius 1 is 0.938 bits per heavy atom. The van der Waals surface area contributed by atoms with Crippen LogP contribution in [0.5, 0.6) is 0 Å². The Morgan fingerprint density at radius 3 is 2.22 bits per heavy atom. The van der Waals surface area contributed by atoms with Crippen LogP contribution in [-0.2, 0) is 22.4 Å². The van der Waals surface area contributed by atoms with Gasteiger partial charge >= 0.3 is 0 Å². The Hall–Kier alpha value is -2.17. The number of likely N-dealkylation sites (tertiary alicyclic amines) is 1. The summed E-state index contributed by atoms with van der Waals surface area (Å²) < 4.78 is 8.50. The quantitative estimate of drug-likeness (QED) is 0.448. The van der Waals surface area contributed by atoms with Crippen molar-refractivity contribution in [1.82, 2.24) is 14.5 Å². The van der Waals surface area contributed by atoms with Gasteiger partial charge in [-0.05, 0) is 75.4 Å². The standard InChI is InChI=1S/C28H39N3O/c1-7-32-28(5,6)31-25-11-9-8-10-24(25)29-26(31)22-16-18-30(19-17-22)20-21-12-14-23(15-13-21)27(2,3)4/h8-15,22H,7,16-20H2,1-6H3. The maximum atomic E-state index is 6.16. The van der Waals surface area contributed by atoms with Crippen LogP contribution < -0.4 is 0 Å². The molecule has 0 unspecified atom stereocenters. The maximum Gasteiger partial charge on any atom is 0.140 e. The van der Waals surface area contributed by atoms with E-state index < -0.39 is 5.72 Å². The molecule has 0 radical (unpaired) electrons. The summed E-state index contributed by atoms with van der Waals surface area (Å²) in [6.45, 7) is 17.1. The second-order valence-electron chi connectivity index (χ2n) is 10.7. The maximum absolute atomic E-state index is 6.16. The molecular weight excluding hydrogens is 394 g/mol. The minimum atomic E-state index is -0.411. The first kappa shape index (κ1) is 23.0. The molecule has 4 rings (SSSR count). The number of imidazole rings is 1. The topological polar surface area (TPSA) is 30.3 Å². The Morgan fingerprint density at radius 2 is 1.59 bits per heavy atom. The summed E-state index contributed by atoms with van der Waals surface area (Å²) in [4.78, 5) is 7.68. The Kier molecular flexibility index (Phi) is 6.46. The van der Waals surface area contributed by atoms with Crippen LogP contribution in [0, 0.1) is 0 Å². The molecule has 4 nitrogen and oxygen atoms in total. The molecular formula is C28H39N3O. The molecule has 0 spiro atoms. The van der Waals surface area contributed by atoms with Gasteiger partial charge in [0.25, 0.3) is 0 Å². The highest BCUT2D eigenvalue weighted by Crippen LogP contribution is 2.35. The lowest BCUT2D eigenvalue weighted by molar-refractivity contribution is -0.0719. The number of para-hydroxylation sites is 2. The van der Waals surface area contributed by atoms with E-state index in [9.17, 15) is 0 Å². The molecule has 1 aromatic heterocycles. The van der Waals surface area contributed by atoms with Crippen molar-refractivity contribution in [3.05, 3.63) is 65.5 Å². The summed E-state index contributed by atoms with van der Waals surface area (Å²) in [5.41, 5.74) is 4.83. The molecule has 172 valence electrons. The molecule has 3 aromatic rings. The third-order valence-corrected chi connectivity index (χ3v) is 6.80. The highest BCUT2D eigenvalue weighted by atomic mass is 16.5. The molecule has 2 heterocycles. The molecule has 32 heavy (non-hydrogen) atoms. The van der Waals surface area contributed by atoms with E-state index in [0.717, 1.165) is 38.0 Å². The van der Waals surface area contributed by atoms with E-state index >= 15 is 0 Å². The third kappa shape index (κ3) is 4.77. The SMILES string of the molecule is CCOC(C)(C)n1c(C2CCN(Cc3ccc(C(C)(C)C)cc3)CC2)nc2ccccc21. The first-order chi connectivity index (χ1) is 15.2. The van der Waals surface area contributed by atoms with E-state index in [1.807, 2.05) is 0 Å². The molecule has 1 aliphatic rings. The Labute approximate surface area is 193 Å². The van der Waals surface area contributed by atoms with Crippen molar-refractivity contribution in [1.29, 1.82) is 0 Å². The van der Waals surface area contributed by atoms with Gasteiger partial charge in [0, 0.05) is 19.1 Å². The average molecular weight is 434 g/mol. The molecule has 0 aliphatic carbocycles. The predicted molar refractivity (Wildman–Crippen MR) is 133 cm³/mol. The smallest absolute Gasteiger partial charge is 0.140 e. The summed E-state index contributed by atoms with van der Waals surface area (Å²) in [5, 5.41) is 0. The third-order valence-electron chi connectivity index (χ3n) is 6.80. The van der Waals surface area contributed by atoms with Crippen LogP contribution >= 0.6 is 0 Å². The molecule has 0 amide bonds. The zero-order valence-electron chi connectivity index (χ0n) is 20.7. The highest BCUT2D eigenvalue weighted by Gasteiger charge is 2.32. The van der Waals surface area contributed by atoms with Crippen molar-refractivity contribution < 1.29 is 4.74 Å². The second kappa shape index (κ2) is 8.99. The first-order valence-corrected chi connectivity index (χ1v) is 12.1. The molecule has 4 heteroatoms. The van der Waals surface area contributed by atoms with Gasteiger partial charge in [0.2, 0.25) is 0 Å². The van der Waals surface area contributed by atoms with Gasteiger partial charge in [0.1, 0.15) is 11.5 Å². The van der Waals surface area contributed by atoms with Gasteiger partial charge in [-0.1, -0.05) is 57.2 Å². The monoisotopic (exact) mass is 433 g/mol. The molecule has 0 N–H and O–H groups in total. The van der Waals surface area contributed by atoms with Crippen LogP contribution in [0.3, 0.4) is 0 Å². The van der Waals surface area contributed by atoms with E-state index in [1.54, 1.807) is 0 Å². The van der Waals surface area contributed by atoms with Gasteiger partial charge in [0.15, 0.2) is 0 Å². The zero-order chi connectivity index (χ0) is 22.9. The van der Waals surface area contributed by atoms with Gasteiger partial charge in [-0.2, -0.15) is 0 Å². The Balaban J connectivity index is 1.49. The van der Waals surface area contributed by atoms with E-state index in [0.29, 0.717) is 12.5 Å². The Bertz CT molecular complexity index is 1030. The van der Waals surface area contributed by atoms with Crippen molar-refractivity contribution >= 4 is 11.0 Å². The van der Waals surface area contributed by atoms with Gasteiger partial charge in [-0.15, -0.1) is 0 Å². The molecule has 1 saturated heterocycles. The van der Waals surface area contributed by atoms with Crippen molar-refractivity contribution in [3.8, 4) is 0 Å². The van der Waals surface area contributed by atoms with E-state index in [4.69, 9.17) is 9.72 Å². The van der Waals surface area contributed by atoms with Gasteiger partial charge in [0.05, 0.1) is 11.0 Å². The number of rotatable bonds is 6. The lowest BCUT2D eigenvalue weighted by Crippen LogP contribution is -2.36. The van der Waals surface area contributed by atoms with Crippen molar-refractivity contribution in [3.63, 3.8) is 0 Å². The number of benzene rings is 2. The minimum Gasteiger partial charge on any atom is -0.356 e. The van der Waals surface area contributed by atoms with E-state index in [2.05, 4.69) is 99.5 Å². The van der Waals surface area contributed by atoms with Crippen LogP contribution in [0.4, 0.5) is 0 Å². The molecule has 1 fully saturated rings. The van der Waals surface area contributed by atoms with Crippen LogP contribution in [0.15, 0.2) is 48.5 Å². The van der Waals surface area contributed by atoms with E-state index in [1.165, 1.54) is 22.5 Å².